The van der Waals surface area contributed by atoms with Gasteiger partial charge < -0.3 is 20.2 Å². The van der Waals surface area contributed by atoms with Crippen LogP contribution in [0.3, 0.4) is 0 Å². The van der Waals surface area contributed by atoms with Crippen LogP contribution in [0, 0.1) is 16.0 Å². The van der Waals surface area contributed by atoms with Gasteiger partial charge in [0.25, 0.3) is 11.2 Å². The van der Waals surface area contributed by atoms with Crippen molar-refractivity contribution in [2.24, 2.45) is 5.92 Å². The highest BCUT2D eigenvalue weighted by Crippen LogP contribution is 2.37. The van der Waals surface area contributed by atoms with Gasteiger partial charge in [-0.15, -0.1) is 0 Å². The van der Waals surface area contributed by atoms with E-state index >= 15 is 0 Å². The molecule has 3 fully saturated rings. The summed E-state index contributed by atoms with van der Waals surface area (Å²) in [5.41, 5.74) is 4.97. The molecule has 190 valence electrons. The second-order valence-corrected chi connectivity index (χ2v) is 10.3. The van der Waals surface area contributed by atoms with E-state index in [-0.39, 0.29) is 22.2 Å². The number of nitrogens with zero attached hydrogens (tertiary/aromatic N) is 3. The first-order valence-corrected chi connectivity index (χ1v) is 12.9. The normalized spacial score (nSPS) is 20.7. The molecule has 3 aromatic carbocycles. The SMILES string of the molecule is O=c1[nH]c2ccc(-c3cccc([N+](=O)[O-])c3)cc2c(N[C@H]2CN3CCC2CC3)c1-c1nc2ccccc2[nH]1. The van der Waals surface area contributed by atoms with Crippen LogP contribution >= 0.6 is 0 Å². The molecule has 3 saturated heterocycles. The van der Waals surface area contributed by atoms with Gasteiger partial charge in [-0.25, -0.2) is 4.98 Å². The molecule has 5 aromatic rings. The van der Waals surface area contributed by atoms with E-state index in [1.165, 1.54) is 6.07 Å². The Labute approximate surface area is 217 Å². The third-order valence-corrected chi connectivity index (χ3v) is 8.02. The molecule has 0 unspecified atom stereocenters. The molecular weight excluding hydrogens is 480 g/mol. The van der Waals surface area contributed by atoms with Gasteiger partial charge in [0.2, 0.25) is 0 Å². The van der Waals surface area contributed by atoms with Crippen molar-refractivity contribution in [2.45, 2.75) is 18.9 Å². The Morgan fingerprint density at radius 2 is 1.76 bits per heavy atom. The lowest BCUT2D eigenvalue weighted by molar-refractivity contribution is -0.384. The number of nitro groups is 1. The second kappa shape index (κ2) is 8.81. The summed E-state index contributed by atoms with van der Waals surface area (Å²) in [4.78, 5) is 38.2. The molecule has 9 heteroatoms. The zero-order valence-electron chi connectivity index (χ0n) is 20.6. The molecule has 0 aliphatic carbocycles. The van der Waals surface area contributed by atoms with Crippen LogP contribution in [0.15, 0.2) is 71.5 Å². The number of anilines is 1. The molecule has 9 nitrogen and oxygen atoms in total. The molecule has 1 atom stereocenters. The van der Waals surface area contributed by atoms with Crippen molar-refractivity contribution in [3.05, 3.63) is 87.2 Å². The molecule has 38 heavy (non-hydrogen) atoms. The van der Waals surface area contributed by atoms with Crippen molar-refractivity contribution in [1.29, 1.82) is 0 Å². The number of pyridine rings is 1. The van der Waals surface area contributed by atoms with Gasteiger partial charge in [-0.2, -0.15) is 0 Å². The first-order chi connectivity index (χ1) is 18.5. The number of fused-ring (bicyclic) bond motifs is 5. The average molecular weight is 507 g/mol. The lowest BCUT2D eigenvalue weighted by atomic mass is 9.83. The van der Waals surface area contributed by atoms with E-state index in [0.717, 1.165) is 65.7 Å². The van der Waals surface area contributed by atoms with Crippen molar-refractivity contribution in [2.75, 3.05) is 25.0 Å². The quantitative estimate of drug-likeness (QED) is 0.224. The molecule has 3 N–H and O–H groups in total. The molecule has 0 spiro atoms. The number of aromatic amines is 2. The van der Waals surface area contributed by atoms with E-state index in [4.69, 9.17) is 4.98 Å². The maximum atomic E-state index is 13.6. The Morgan fingerprint density at radius 1 is 0.947 bits per heavy atom. The standard InChI is InChI=1S/C29H26N6O3/c36-29-26(28-31-23-6-1-2-7-24(23)32-28)27(30-25-16-34-12-10-17(25)11-13-34)21-15-19(8-9-22(21)33-29)18-4-3-5-20(14-18)35(37)38/h1-9,14-15,17,25H,10-13,16H2,(H,31,32)(H2,30,33,36)/t25-/m0/s1. The van der Waals surface area contributed by atoms with Crippen LogP contribution < -0.4 is 10.9 Å². The minimum Gasteiger partial charge on any atom is -0.379 e. The van der Waals surface area contributed by atoms with Gasteiger partial charge >= 0.3 is 0 Å². The molecular formula is C29H26N6O3. The maximum Gasteiger partial charge on any atom is 0.270 e. The van der Waals surface area contributed by atoms with Crippen molar-refractivity contribution < 1.29 is 4.92 Å². The number of benzene rings is 3. The lowest BCUT2D eigenvalue weighted by Crippen LogP contribution is -2.53. The van der Waals surface area contributed by atoms with Gasteiger partial charge in [0.1, 0.15) is 11.4 Å². The molecule has 2 bridgehead atoms. The summed E-state index contributed by atoms with van der Waals surface area (Å²) in [5.74, 6) is 1.05. The Kier molecular flexibility index (Phi) is 5.26. The van der Waals surface area contributed by atoms with Crippen molar-refractivity contribution >= 4 is 33.3 Å². The number of piperidine rings is 3. The number of hydrogen-bond acceptors (Lipinski definition) is 6. The molecule has 5 heterocycles. The Balaban J connectivity index is 1.44. The fourth-order valence-electron chi connectivity index (χ4n) is 6.03. The van der Waals surface area contributed by atoms with Crippen molar-refractivity contribution in [1.82, 2.24) is 19.9 Å². The van der Waals surface area contributed by atoms with Crippen LogP contribution in [0.25, 0.3) is 44.5 Å². The number of rotatable bonds is 5. The Hall–Kier alpha value is -4.50. The van der Waals surface area contributed by atoms with Crippen LogP contribution in [0.5, 0.6) is 0 Å². The zero-order chi connectivity index (χ0) is 25.8. The van der Waals surface area contributed by atoms with Crippen LogP contribution in [-0.2, 0) is 0 Å². The highest BCUT2D eigenvalue weighted by Gasteiger charge is 2.35. The maximum absolute atomic E-state index is 13.6. The minimum atomic E-state index is -0.387. The van der Waals surface area contributed by atoms with E-state index in [9.17, 15) is 14.9 Å². The van der Waals surface area contributed by atoms with E-state index < -0.39 is 0 Å². The number of nitro benzene ring substituents is 1. The molecule has 0 radical (unpaired) electrons. The van der Waals surface area contributed by atoms with E-state index in [1.807, 2.05) is 48.5 Å². The first-order valence-electron chi connectivity index (χ1n) is 12.9. The highest BCUT2D eigenvalue weighted by molar-refractivity contribution is 6.01. The third kappa shape index (κ3) is 3.83. The van der Waals surface area contributed by atoms with Gasteiger partial charge in [-0.05, 0) is 67.2 Å². The van der Waals surface area contributed by atoms with Gasteiger partial charge in [0.15, 0.2) is 0 Å². The summed E-state index contributed by atoms with van der Waals surface area (Å²) < 4.78 is 0. The van der Waals surface area contributed by atoms with Crippen LogP contribution in [0.2, 0.25) is 0 Å². The summed E-state index contributed by atoms with van der Waals surface area (Å²) in [6, 6.07) is 20.3. The Bertz CT molecular complexity index is 1730. The molecule has 8 rings (SSSR count). The van der Waals surface area contributed by atoms with Gasteiger partial charge in [0, 0.05) is 30.1 Å². The summed E-state index contributed by atoms with van der Waals surface area (Å²) >= 11 is 0. The van der Waals surface area contributed by atoms with E-state index in [2.05, 4.69) is 20.2 Å². The topological polar surface area (TPSA) is 120 Å². The average Bonchev–Trinajstić information content (AvgIpc) is 3.37. The molecule has 0 amide bonds. The minimum absolute atomic E-state index is 0.0395. The Morgan fingerprint density at radius 3 is 2.53 bits per heavy atom. The molecule has 0 saturated carbocycles. The summed E-state index contributed by atoms with van der Waals surface area (Å²) in [5, 5.41) is 16.0. The zero-order valence-corrected chi connectivity index (χ0v) is 20.6. The summed E-state index contributed by atoms with van der Waals surface area (Å²) in [7, 11) is 0. The van der Waals surface area contributed by atoms with Crippen molar-refractivity contribution in [3.8, 4) is 22.5 Å². The third-order valence-electron chi connectivity index (χ3n) is 8.02. The monoisotopic (exact) mass is 506 g/mol. The van der Waals surface area contributed by atoms with Crippen LogP contribution in [0.4, 0.5) is 11.4 Å². The highest BCUT2D eigenvalue weighted by atomic mass is 16.6. The van der Waals surface area contributed by atoms with Crippen molar-refractivity contribution in [3.63, 3.8) is 0 Å². The first kappa shape index (κ1) is 22.7. The smallest absolute Gasteiger partial charge is 0.270 e. The fraction of sp³-hybridized carbons (Fsp3) is 0.241. The van der Waals surface area contributed by atoms with E-state index in [0.29, 0.717) is 22.8 Å². The molecule has 2 aromatic heterocycles. The number of hydrogen-bond donors (Lipinski definition) is 3. The van der Waals surface area contributed by atoms with Gasteiger partial charge in [-0.1, -0.05) is 30.3 Å². The number of non-ortho nitro benzene ring substituents is 1. The number of H-pyrrole nitrogens is 2. The molecule has 3 aliphatic rings. The predicted octanol–water partition coefficient (Wildman–Crippen LogP) is 5.15. The molecule has 3 aliphatic heterocycles. The van der Waals surface area contributed by atoms with Crippen LogP contribution in [-0.4, -0.2) is 50.5 Å². The fourth-order valence-corrected chi connectivity index (χ4v) is 6.03. The number of imidazole rings is 1. The lowest BCUT2D eigenvalue weighted by Gasteiger charge is -2.45. The number of nitrogens with one attached hydrogen (secondary N) is 3. The van der Waals surface area contributed by atoms with Gasteiger partial charge in [0.05, 0.1) is 27.2 Å². The predicted molar refractivity (Wildman–Crippen MR) is 148 cm³/mol. The second-order valence-electron chi connectivity index (χ2n) is 10.3. The largest absolute Gasteiger partial charge is 0.379 e. The summed E-state index contributed by atoms with van der Waals surface area (Å²) in [6.45, 7) is 3.17. The van der Waals surface area contributed by atoms with Crippen LogP contribution in [0.1, 0.15) is 12.8 Å². The van der Waals surface area contributed by atoms with Gasteiger partial charge in [-0.3, -0.25) is 14.9 Å². The number of para-hydroxylation sites is 2. The summed E-state index contributed by atoms with van der Waals surface area (Å²) in [6.07, 6.45) is 2.27. The number of aromatic nitrogens is 3. The van der Waals surface area contributed by atoms with E-state index in [1.54, 1.807) is 12.1 Å².